The van der Waals surface area contributed by atoms with Gasteiger partial charge in [-0.05, 0) is 73.3 Å². The molecule has 7 heteroatoms. The van der Waals surface area contributed by atoms with Gasteiger partial charge >= 0.3 is 0 Å². The fraction of sp³-hybridized carbons (Fsp3) is 0.414. The molecule has 1 saturated carbocycles. The van der Waals surface area contributed by atoms with Gasteiger partial charge in [-0.3, -0.25) is 4.79 Å². The van der Waals surface area contributed by atoms with Crippen LogP contribution in [0.5, 0.6) is 5.75 Å². The average Bonchev–Trinajstić information content (AvgIpc) is 3.00. The zero-order chi connectivity index (χ0) is 24.8. The minimum atomic E-state index is -3.71. The van der Waals surface area contributed by atoms with Crippen LogP contribution in [-0.2, 0) is 15.4 Å². The van der Waals surface area contributed by atoms with E-state index in [4.69, 9.17) is 4.74 Å². The van der Waals surface area contributed by atoms with Crippen molar-refractivity contribution < 1.29 is 17.9 Å². The Morgan fingerprint density at radius 3 is 2.75 bits per heavy atom. The summed E-state index contributed by atoms with van der Waals surface area (Å²) in [4.78, 5) is 15.4. The van der Waals surface area contributed by atoms with Crippen LogP contribution < -0.4 is 14.4 Å². The Hall–Kier alpha value is -3.06. The lowest BCUT2D eigenvalue weighted by Crippen LogP contribution is -2.47. The van der Waals surface area contributed by atoms with Crippen LogP contribution in [0.1, 0.15) is 53.6 Å². The van der Waals surface area contributed by atoms with Crippen LogP contribution in [0.25, 0.3) is 6.08 Å². The maximum Gasteiger partial charge on any atom is 0.264 e. The highest BCUT2D eigenvalue weighted by atomic mass is 32.2. The van der Waals surface area contributed by atoms with Crippen molar-refractivity contribution in [2.75, 3.05) is 30.3 Å². The van der Waals surface area contributed by atoms with Crippen molar-refractivity contribution in [2.24, 2.45) is 11.8 Å². The van der Waals surface area contributed by atoms with Crippen LogP contribution in [0.15, 0.2) is 60.7 Å². The molecule has 3 atom stereocenters. The predicted octanol–water partition coefficient (Wildman–Crippen LogP) is 4.68. The van der Waals surface area contributed by atoms with E-state index in [2.05, 4.69) is 52.1 Å². The minimum absolute atomic E-state index is 0.0983. The molecule has 2 heterocycles. The number of benzene rings is 2. The first-order valence-electron chi connectivity index (χ1n) is 12.9. The highest BCUT2D eigenvalue weighted by Crippen LogP contribution is 2.45. The topological polar surface area (TPSA) is 75.7 Å². The van der Waals surface area contributed by atoms with Crippen molar-refractivity contribution in [1.29, 1.82) is 0 Å². The molecule has 1 fully saturated rings. The van der Waals surface area contributed by atoms with Crippen molar-refractivity contribution in [1.82, 2.24) is 4.72 Å². The van der Waals surface area contributed by atoms with Crippen molar-refractivity contribution >= 4 is 27.7 Å². The number of amides is 1. The van der Waals surface area contributed by atoms with E-state index >= 15 is 0 Å². The molecule has 1 amide bonds. The van der Waals surface area contributed by atoms with E-state index in [1.54, 1.807) is 6.07 Å². The quantitative estimate of drug-likeness (QED) is 0.528. The van der Waals surface area contributed by atoms with E-state index < -0.39 is 15.9 Å². The van der Waals surface area contributed by atoms with E-state index in [1.807, 2.05) is 18.2 Å². The van der Waals surface area contributed by atoms with Gasteiger partial charge in [0.05, 0.1) is 23.5 Å². The summed E-state index contributed by atoms with van der Waals surface area (Å²) in [5.74, 6) is 1.20. The third-order valence-electron chi connectivity index (χ3n) is 8.33. The minimum Gasteiger partial charge on any atom is -0.490 e. The van der Waals surface area contributed by atoms with Gasteiger partial charge in [-0.1, -0.05) is 48.6 Å². The standard InChI is InChI=1S/C29H32N2O4S/c32-28-23-13-14-27-26(17-23)31(18-24-12-11-21(24)7-2-1-5-16-36(33,34)30-28)19-29(20-35-27)15-6-9-22-8-3-4-10-25(22)29/h1-4,6,8-10,13-14,17,21,24H,5,7,11-12,15-16,18-20H2,(H,30,32)/b2-1-. The molecule has 4 aliphatic rings. The normalized spacial score (nSPS) is 29.8. The largest absolute Gasteiger partial charge is 0.490 e. The smallest absolute Gasteiger partial charge is 0.264 e. The van der Waals surface area contributed by atoms with Gasteiger partial charge in [-0.15, -0.1) is 0 Å². The van der Waals surface area contributed by atoms with Gasteiger partial charge in [0.15, 0.2) is 0 Å². The third kappa shape index (κ3) is 4.34. The molecule has 0 saturated heterocycles. The molecule has 2 aromatic rings. The molecule has 1 spiro atoms. The Morgan fingerprint density at radius 1 is 1.03 bits per heavy atom. The molecule has 3 unspecified atom stereocenters. The lowest BCUT2D eigenvalue weighted by atomic mass is 9.70. The second-order valence-electron chi connectivity index (χ2n) is 10.7. The first-order valence-corrected chi connectivity index (χ1v) is 14.6. The number of hydrogen-bond donors (Lipinski definition) is 1. The summed E-state index contributed by atoms with van der Waals surface area (Å²) in [6.07, 6.45) is 13.1. The van der Waals surface area contributed by atoms with E-state index in [9.17, 15) is 13.2 Å². The molecule has 0 radical (unpaired) electrons. The molecule has 2 bridgehead atoms. The van der Waals surface area contributed by atoms with Crippen LogP contribution in [0, 0.1) is 11.8 Å². The Balaban J connectivity index is 1.42. The molecule has 1 N–H and O–H groups in total. The average molecular weight is 505 g/mol. The summed E-state index contributed by atoms with van der Waals surface area (Å²) in [5, 5.41) is 0. The Kier molecular flexibility index (Phi) is 5.91. The molecular weight excluding hydrogens is 472 g/mol. The zero-order valence-corrected chi connectivity index (χ0v) is 21.2. The van der Waals surface area contributed by atoms with E-state index in [-0.39, 0.29) is 11.2 Å². The van der Waals surface area contributed by atoms with E-state index in [0.29, 0.717) is 30.4 Å². The number of hydrogen-bond acceptors (Lipinski definition) is 5. The maximum atomic E-state index is 13.0. The molecular formula is C29H32N2O4S. The number of ether oxygens (including phenoxy) is 1. The number of nitrogens with one attached hydrogen (secondary N) is 1. The number of nitrogens with zero attached hydrogens (tertiary/aromatic N) is 1. The first kappa shape index (κ1) is 23.3. The van der Waals surface area contributed by atoms with E-state index in [0.717, 1.165) is 37.4 Å². The summed E-state index contributed by atoms with van der Waals surface area (Å²) in [5.41, 5.74) is 3.54. The summed E-state index contributed by atoms with van der Waals surface area (Å²) in [6.45, 7) is 2.23. The van der Waals surface area contributed by atoms with Gasteiger partial charge in [0, 0.05) is 18.7 Å². The molecule has 2 aliphatic carbocycles. The number of rotatable bonds is 0. The predicted molar refractivity (Wildman–Crippen MR) is 142 cm³/mol. The lowest BCUT2D eigenvalue weighted by Gasteiger charge is -2.43. The third-order valence-corrected chi connectivity index (χ3v) is 9.60. The Labute approximate surface area is 213 Å². The highest BCUT2D eigenvalue weighted by Gasteiger charge is 2.42. The molecule has 36 heavy (non-hydrogen) atoms. The summed E-state index contributed by atoms with van der Waals surface area (Å²) < 4.78 is 33.7. The van der Waals surface area contributed by atoms with Gasteiger partial charge in [0.2, 0.25) is 10.0 Å². The maximum absolute atomic E-state index is 13.0. The van der Waals surface area contributed by atoms with E-state index in [1.165, 1.54) is 24.0 Å². The van der Waals surface area contributed by atoms with Crippen LogP contribution >= 0.6 is 0 Å². The Morgan fingerprint density at radius 2 is 1.89 bits per heavy atom. The zero-order valence-electron chi connectivity index (χ0n) is 20.4. The monoisotopic (exact) mass is 504 g/mol. The fourth-order valence-electron chi connectivity index (χ4n) is 6.17. The van der Waals surface area contributed by atoms with Gasteiger partial charge in [0.1, 0.15) is 5.75 Å². The Bertz CT molecular complexity index is 1350. The van der Waals surface area contributed by atoms with Crippen LogP contribution in [0.4, 0.5) is 5.69 Å². The number of anilines is 1. The number of carbonyl (C=O) groups excluding carboxylic acids is 1. The number of sulfonamides is 1. The first-order chi connectivity index (χ1) is 17.4. The molecule has 2 aromatic carbocycles. The molecule has 2 aliphatic heterocycles. The number of carbonyl (C=O) groups is 1. The van der Waals surface area contributed by atoms with Crippen LogP contribution in [-0.4, -0.2) is 39.8 Å². The molecule has 6 nitrogen and oxygen atoms in total. The van der Waals surface area contributed by atoms with Crippen LogP contribution in [0.3, 0.4) is 0 Å². The summed E-state index contributed by atoms with van der Waals surface area (Å²) in [7, 11) is -3.71. The summed E-state index contributed by atoms with van der Waals surface area (Å²) in [6, 6.07) is 13.9. The number of allylic oxidation sites excluding steroid dienone is 3. The summed E-state index contributed by atoms with van der Waals surface area (Å²) >= 11 is 0. The fourth-order valence-corrected chi connectivity index (χ4v) is 7.12. The van der Waals surface area contributed by atoms with Crippen molar-refractivity contribution in [3.05, 3.63) is 77.4 Å². The highest BCUT2D eigenvalue weighted by molar-refractivity contribution is 7.90. The van der Waals surface area contributed by atoms with Gasteiger partial charge in [-0.2, -0.15) is 0 Å². The van der Waals surface area contributed by atoms with Gasteiger partial charge in [0.25, 0.3) is 5.91 Å². The van der Waals surface area contributed by atoms with Crippen molar-refractivity contribution in [3.8, 4) is 5.75 Å². The van der Waals surface area contributed by atoms with Crippen molar-refractivity contribution in [2.45, 2.75) is 37.5 Å². The van der Waals surface area contributed by atoms with Crippen molar-refractivity contribution in [3.63, 3.8) is 0 Å². The van der Waals surface area contributed by atoms with Gasteiger partial charge < -0.3 is 9.64 Å². The second-order valence-corrected chi connectivity index (χ2v) is 12.5. The lowest BCUT2D eigenvalue weighted by molar-refractivity contribution is 0.0981. The molecule has 6 rings (SSSR count). The second kappa shape index (κ2) is 9.11. The SMILES string of the molecule is O=C1NS(=O)(=O)CC/C=C\CC2CCC2CN2CC3(CC=Cc4ccccc43)COc3ccc1cc32. The number of fused-ring (bicyclic) bond motifs is 4. The molecule has 188 valence electrons. The molecule has 0 aromatic heterocycles. The van der Waals surface area contributed by atoms with Crippen LogP contribution in [0.2, 0.25) is 0 Å². The van der Waals surface area contributed by atoms with Gasteiger partial charge in [-0.25, -0.2) is 13.1 Å².